The summed E-state index contributed by atoms with van der Waals surface area (Å²) in [5, 5.41) is 0. The van der Waals surface area contributed by atoms with E-state index in [-0.39, 0.29) is 30.1 Å². The summed E-state index contributed by atoms with van der Waals surface area (Å²) in [4.78, 5) is 24.6. The van der Waals surface area contributed by atoms with Gasteiger partial charge in [-0.15, -0.1) is 0 Å². The average molecular weight is 213 g/mol. The Labute approximate surface area is 88.3 Å². The van der Waals surface area contributed by atoms with Gasteiger partial charge < -0.3 is 14.4 Å². The van der Waals surface area contributed by atoms with Crippen LogP contribution < -0.4 is 0 Å². The Bertz CT molecular complexity index is 291. The summed E-state index contributed by atoms with van der Waals surface area (Å²) in [7, 11) is 2.75. The van der Waals surface area contributed by atoms with Crippen LogP contribution in [0.5, 0.6) is 0 Å². The second-order valence-electron chi connectivity index (χ2n) is 4.04. The molecule has 2 aliphatic heterocycles. The smallest absolute Gasteiger partial charge is 0.410 e. The molecule has 0 unspecified atom stereocenters. The minimum Gasteiger partial charge on any atom is -0.469 e. The van der Waals surface area contributed by atoms with Crippen molar-refractivity contribution < 1.29 is 19.1 Å². The topological polar surface area (TPSA) is 55.8 Å². The highest BCUT2D eigenvalue weighted by atomic mass is 16.5. The van der Waals surface area contributed by atoms with Crippen LogP contribution in [0.25, 0.3) is 0 Å². The van der Waals surface area contributed by atoms with Crippen molar-refractivity contribution in [2.75, 3.05) is 14.2 Å². The largest absolute Gasteiger partial charge is 0.469 e. The first-order valence-corrected chi connectivity index (χ1v) is 5.13. The fourth-order valence-electron chi connectivity index (χ4n) is 2.78. The zero-order valence-electron chi connectivity index (χ0n) is 8.93. The first-order valence-electron chi connectivity index (χ1n) is 5.13. The van der Waals surface area contributed by atoms with Crippen LogP contribution in [-0.4, -0.2) is 43.3 Å². The molecule has 5 nitrogen and oxygen atoms in total. The summed E-state index contributed by atoms with van der Waals surface area (Å²) in [5.74, 6) is -0.371. The minimum atomic E-state index is -0.325. The molecule has 3 atom stereocenters. The Morgan fingerprint density at radius 3 is 2.53 bits per heavy atom. The number of carbonyl (C=O) groups is 2. The SMILES string of the molecule is COC(=O)[C@H]1C[C@@H]2CC[C@H]1N2C(=O)OC. The number of carbonyl (C=O) groups excluding carboxylic acids is 2. The monoisotopic (exact) mass is 213 g/mol. The average Bonchev–Trinajstić information content (AvgIpc) is 2.83. The van der Waals surface area contributed by atoms with Gasteiger partial charge in [-0.2, -0.15) is 0 Å². The molecule has 15 heavy (non-hydrogen) atoms. The number of fused-ring (bicyclic) bond motifs is 2. The lowest BCUT2D eigenvalue weighted by molar-refractivity contribution is -0.146. The van der Waals surface area contributed by atoms with Gasteiger partial charge >= 0.3 is 12.1 Å². The highest BCUT2D eigenvalue weighted by molar-refractivity contribution is 5.77. The number of esters is 1. The van der Waals surface area contributed by atoms with E-state index in [2.05, 4.69) is 0 Å². The van der Waals surface area contributed by atoms with Crippen molar-refractivity contribution >= 4 is 12.1 Å². The predicted octanol–water partition coefficient (Wildman–Crippen LogP) is 0.779. The van der Waals surface area contributed by atoms with Crippen molar-refractivity contribution in [1.29, 1.82) is 0 Å². The summed E-state index contributed by atoms with van der Waals surface area (Å²) in [6.07, 6.45) is 2.23. The van der Waals surface area contributed by atoms with Crippen LogP contribution in [0.2, 0.25) is 0 Å². The summed E-state index contributed by atoms with van der Waals surface area (Å²) < 4.78 is 9.44. The van der Waals surface area contributed by atoms with E-state index < -0.39 is 0 Å². The molecule has 5 heteroatoms. The lowest BCUT2D eigenvalue weighted by Gasteiger charge is -2.21. The molecule has 0 aromatic heterocycles. The number of hydrogen-bond acceptors (Lipinski definition) is 4. The van der Waals surface area contributed by atoms with Crippen molar-refractivity contribution in [3.8, 4) is 0 Å². The molecule has 0 N–H and O–H groups in total. The standard InChI is InChI=1S/C10H15NO4/c1-14-9(12)7-5-6-3-4-8(7)11(6)10(13)15-2/h6-8H,3-5H2,1-2H3/t6-,7-,8+/m0/s1. The van der Waals surface area contributed by atoms with E-state index in [1.165, 1.54) is 14.2 Å². The van der Waals surface area contributed by atoms with E-state index >= 15 is 0 Å². The molecule has 0 saturated carbocycles. The van der Waals surface area contributed by atoms with E-state index in [1.807, 2.05) is 0 Å². The summed E-state index contributed by atoms with van der Waals surface area (Å²) >= 11 is 0. The van der Waals surface area contributed by atoms with Gasteiger partial charge in [0, 0.05) is 12.1 Å². The molecule has 2 saturated heterocycles. The van der Waals surface area contributed by atoms with E-state index in [9.17, 15) is 9.59 Å². The highest BCUT2D eigenvalue weighted by Crippen LogP contribution is 2.42. The quantitative estimate of drug-likeness (QED) is 0.604. The van der Waals surface area contributed by atoms with Gasteiger partial charge in [0.1, 0.15) is 0 Å². The Balaban J connectivity index is 2.12. The molecule has 0 aromatic carbocycles. The zero-order chi connectivity index (χ0) is 11.0. The molecule has 0 aromatic rings. The van der Waals surface area contributed by atoms with Gasteiger partial charge in [0.2, 0.25) is 0 Å². The van der Waals surface area contributed by atoms with Crippen LogP contribution in [0.15, 0.2) is 0 Å². The maximum absolute atomic E-state index is 11.5. The van der Waals surface area contributed by atoms with Gasteiger partial charge in [-0.25, -0.2) is 4.79 Å². The Kier molecular flexibility index (Phi) is 2.54. The van der Waals surface area contributed by atoms with E-state index in [0.29, 0.717) is 6.42 Å². The van der Waals surface area contributed by atoms with Crippen molar-refractivity contribution in [2.45, 2.75) is 31.3 Å². The third-order valence-electron chi connectivity index (χ3n) is 3.43. The maximum Gasteiger partial charge on any atom is 0.410 e. The predicted molar refractivity (Wildman–Crippen MR) is 51.2 cm³/mol. The molecule has 2 fully saturated rings. The van der Waals surface area contributed by atoms with E-state index in [4.69, 9.17) is 9.47 Å². The maximum atomic E-state index is 11.5. The van der Waals surface area contributed by atoms with Crippen LogP contribution in [0.4, 0.5) is 4.79 Å². The van der Waals surface area contributed by atoms with Gasteiger partial charge in [-0.1, -0.05) is 0 Å². The van der Waals surface area contributed by atoms with Gasteiger partial charge in [0.05, 0.1) is 20.1 Å². The molecule has 2 bridgehead atoms. The summed E-state index contributed by atoms with van der Waals surface area (Å²) in [5.41, 5.74) is 0. The lowest BCUT2D eigenvalue weighted by atomic mass is 9.89. The number of nitrogens with zero attached hydrogens (tertiary/aromatic N) is 1. The molecule has 0 aliphatic carbocycles. The normalized spacial score (nSPS) is 32.9. The van der Waals surface area contributed by atoms with Crippen molar-refractivity contribution in [3.05, 3.63) is 0 Å². The summed E-state index contributed by atoms with van der Waals surface area (Å²) in [6, 6.07) is 0.140. The first-order chi connectivity index (χ1) is 7.19. The highest BCUT2D eigenvalue weighted by Gasteiger charge is 2.52. The van der Waals surface area contributed by atoms with Crippen molar-refractivity contribution in [3.63, 3.8) is 0 Å². The number of methoxy groups -OCH3 is 2. The van der Waals surface area contributed by atoms with Gasteiger partial charge in [0.25, 0.3) is 0 Å². The Hall–Kier alpha value is -1.26. The number of amides is 1. The van der Waals surface area contributed by atoms with Gasteiger partial charge in [-0.05, 0) is 19.3 Å². The molecular formula is C10H15NO4. The molecule has 2 rings (SSSR count). The van der Waals surface area contributed by atoms with Crippen LogP contribution in [0.1, 0.15) is 19.3 Å². The molecule has 84 valence electrons. The van der Waals surface area contributed by atoms with Gasteiger partial charge in [0.15, 0.2) is 0 Å². The third-order valence-corrected chi connectivity index (χ3v) is 3.43. The lowest BCUT2D eigenvalue weighted by Crippen LogP contribution is -2.37. The molecule has 2 aliphatic rings. The van der Waals surface area contributed by atoms with Crippen LogP contribution >= 0.6 is 0 Å². The first kappa shape index (κ1) is 10.3. The second kappa shape index (κ2) is 3.72. The molecule has 0 spiro atoms. The zero-order valence-corrected chi connectivity index (χ0v) is 8.93. The van der Waals surface area contributed by atoms with Crippen LogP contribution in [0, 0.1) is 5.92 Å². The molecular weight excluding hydrogens is 198 g/mol. The second-order valence-corrected chi connectivity index (χ2v) is 4.04. The van der Waals surface area contributed by atoms with Crippen molar-refractivity contribution in [1.82, 2.24) is 4.90 Å². The van der Waals surface area contributed by atoms with Gasteiger partial charge in [-0.3, -0.25) is 4.79 Å². The fourth-order valence-corrected chi connectivity index (χ4v) is 2.78. The Morgan fingerprint density at radius 2 is 1.93 bits per heavy atom. The molecule has 2 heterocycles. The molecule has 0 radical (unpaired) electrons. The minimum absolute atomic E-state index is 0.0186. The number of ether oxygens (including phenoxy) is 2. The summed E-state index contributed by atoms with van der Waals surface area (Å²) in [6.45, 7) is 0. The fraction of sp³-hybridized carbons (Fsp3) is 0.800. The molecule has 1 amide bonds. The number of rotatable bonds is 1. The van der Waals surface area contributed by atoms with Crippen LogP contribution in [-0.2, 0) is 14.3 Å². The van der Waals surface area contributed by atoms with E-state index in [0.717, 1.165) is 12.8 Å². The number of hydrogen-bond donors (Lipinski definition) is 0. The van der Waals surface area contributed by atoms with Crippen LogP contribution in [0.3, 0.4) is 0 Å². The van der Waals surface area contributed by atoms with Crippen molar-refractivity contribution in [2.24, 2.45) is 5.92 Å². The third kappa shape index (κ3) is 1.46. The Morgan fingerprint density at radius 1 is 1.20 bits per heavy atom. The van der Waals surface area contributed by atoms with E-state index in [1.54, 1.807) is 4.90 Å².